The van der Waals surface area contributed by atoms with Crippen LogP contribution in [0, 0.1) is 13.8 Å². The molecule has 1 heterocycles. The van der Waals surface area contributed by atoms with Crippen molar-refractivity contribution in [2.45, 2.75) is 37.6 Å². The second kappa shape index (κ2) is 7.60. The molecule has 0 spiro atoms. The van der Waals surface area contributed by atoms with Gasteiger partial charge in [0.15, 0.2) is 5.78 Å². The first-order chi connectivity index (χ1) is 12.9. The van der Waals surface area contributed by atoms with Crippen LogP contribution in [0.15, 0.2) is 29.2 Å². The monoisotopic (exact) mass is 387 g/mol. The Bertz CT molecular complexity index is 927. The Kier molecular flexibility index (Phi) is 5.41. The van der Waals surface area contributed by atoms with Gasteiger partial charge in [0.1, 0.15) is 0 Å². The van der Waals surface area contributed by atoms with Crippen LogP contribution >= 0.6 is 11.8 Å². The zero-order valence-electron chi connectivity index (χ0n) is 15.4. The third-order valence-corrected chi connectivity index (χ3v) is 5.83. The predicted molar refractivity (Wildman–Crippen MR) is 102 cm³/mol. The van der Waals surface area contributed by atoms with E-state index in [1.54, 1.807) is 18.2 Å². The van der Waals surface area contributed by atoms with Gasteiger partial charge in [0, 0.05) is 22.3 Å². The summed E-state index contributed by atoms with van der Waals surface area (Å²) in [6, 6.07) is 6.89. The lowest BCUT2D eigenvalue weighted by Gasteiger charge is -2.08. The molecule has 1 aliphatic carbocycles. The number of esters is 1. The van der Waals surface area contributed by atoms with Crippen molar-refractivity contribution in [2.24, 2.45) is 0 Å². The van der Waals surface area contributed by atoms with Gasteiger partial charge < -0.3 is 14.4 Å². The van der Waals surface area contributed by atoms with E-state index in [1.165, 1.54) is 13.2 Å². The van der Waals surface area contributed by atoms with Gasteiger partial charge in [-0.05, 0) is 38.8 Å². The minimum Gasteiger partial charge on any atom is -0.478 e. The Labute approximate surface area is 161 Å². The topological polar surface area (TPSA) is 85.6 Å². The number of ketones is 1. The smallest absolute Gasteiger partial charge is 0.340 e. The van der Waals surface area contributed by atoms with Gasteiger partial charge in [0.2, 0.25) is 0 Å². The number of aromatic carboxylic acids is 1. The van der Waals surface area contributed by atoms with Crippen LogP contribution in [0.4, 0.5) is 0 Å². The molecule has 1 aromatic heterocycles. The third kappa shape index (κ3) is 3.64. The minimum atomic E-state index is -1.03. The fourth-order valence-electron chi connectivity index (χ4n) is 3.41. The first-order valence-electron chi connectivity index (χ1n) is 8.64. The van der Waals surface area contributed by atoms with E-state index in [9.17, 15) is 19.5 Å². The number of ether oxygens (including phenoxy) is 1. The molecule has 1 aliphatic rings. The number of nitrogens with zero attached hydrogens (tertiary/aromatic N) is 1. The number of aromatic nitrogens is 1. The number of carbonyl (C=O) groups excluding carboxylic acids is 2. The highest BCUT2D eigenvalue weighted by atomic mass is 32.2. The van der Waals surface area contributed by atoms with Crippen molar-refractivity contribution in [3.05, 3.63) is 52.3 Å². The Balaban J connectivity index is 1.92. The average molecular weight is 387 g/mol. The van der Waals surface area contributed by atoms with Gasteiger partial charge in [-0.3, -0.25) is 4.79 Å². The van der Waals surface area contributed by atoms with E-state index in [-0.39, 0.29) is 17.1 Å². The molecule has 2 aromatic rings. The summed E-state index contributed by atoms with van der Waals surface area (Å²) in [5.41, 5.74) is 2.38. The van der Waals surface area contributed by atoms with Crippen LogP contribution in [-0.4, -0.2) is 40.3 Å². The maximum absolute atomic E-state index is 13.0. The predicted octanol–water partition coefficient (Wildman–Crippen LogP) is 3.90. The molecule has 1 aromatic carbocycles. The highest BCUT2D eigenvalue weighted by molar-refractivity contribution is 8.00. The van der Waals surface area contributed by atoms with E-state index in [4.69, 9.17) is 4.74 Å². The molecule has 27 heavy (non-hydrogen) atoms. The molecule has 142 valence electrons. The van der Waals surface area contributed by atoms with Crippen LogP contribution < -0.4 is 0 Å². The van der Waals surface area contributed by atoms with Crippen LogP contribution in [-0.2, 0) is 4.74 Å². The number of benzene rings is 1. The van der Waals surface area contributed by atoms with Gasteiger partial charge in [0.25, 0.3) is 0 Å². The molecule has 0 unspecified atom stereocenters. The fraction of sp³-hybridized carbons (Fsp3) is 0.350. The quantitative estimate of drug-likeness (QED) is 0.441. The molecule has 0 bridgehead atoms. The van der Waals surface area contributed by atoms with Crippen molar-refractivity contribution in [2.75, 3.05) is 12.9 Å². The standard InChI is InChI=1S/C20H21NO5S/c1-11-17(18(20(25)26-3)12(2)21(11)13-8-9-13)15(22)10-27-16-7-5-4-6-14(16)19(23)24/h4-7,13H,8-10H2,1-3H3,(H,23,24). The van der Waals surface area contributed by atoms with Gasteiger partial charge >= 0.3 is 11.9 Å². The van der Waals surface area contributed by atoms with Crippen molar-refractivity contribution < 1.29 is 24.2 Å². The number of carboxylic acids is 1. The Morgan fingerprint density at radius 1 is 1.15 bits per heavy atom. The molecular weight excluding hydrogens is 366 g/mol. The van der Waals surface area contributed by atoms with Crippen molar-refractivity contribution >= 4 is 29.5 Å². The number of thioether (sulfide) groups is 1. The number of carboxylic acid groups (broad SMARTS) is 1. The number of Topliss-reactive ketones (excluding diaryl/α,β-unsaturated/α-hetero) is 1. The fourth-order valence-corrected chi connectivity index (χ4v) is 4.33. The van der Waals surface area contributed by atoms with Crippen LogP contribution in [0.5, 0.6) is 0 Å². The molecule has 0 saturated heterocycles. The molecule has 0 amide bonds. The molecule has 1 N–H and O–H groups in total. The van der Waals surface area contributed by atoms with Gasteiger partial charge in [-0.15, -0.1) is 11.8 Å². The molecule has 7 heteroatoms. The number of carbonyl (C=O) groups is 3. The van der Waals surface area contributed by atoms with E-state index < -0.39 is 11.9 Å². The summed E-state index contributed by atoms with van der Waals surface area (Å²) in [6.45, 7) is 3.68. The van der Waals surface area contributed by atoms with E-state index >= 15 is 0 Å². The lowest BCUT2D eigenvalue weighted by Crippen LogP contribution is -2.12. The summed E-state index contributed by atoms with van der Waals surface area (Å²) in [4.78, 5) is 37.2. The van der Waals surface area contributed by atoms with Gasteiger partial charge in [0.05, 0.1) is 29.6 Å². The minimum absolute atomic E-state index is 0.0449. The van der Waals surface area contributed by atoms with Crippen LogP contribution in [0.3, 0.4) is 0 Å². The molecule has 0 atom stereocenters. The largest absolute Gasteiger partial charge is 0.478 e. The second-order valence-electron chi connectivity index (χ2n) is 6.53. The lowest BCUT2D eigenvalue weighted by molar-refractivity contribution is 0.0595. The SMILES string of the molecule is COC(=O)c1c(C(=O)CSc2ccccc2C(=O)O)c(C)n(C2CC2)c1C. The Hall–Kier alpha value is -2.54. The second-order valence-corrected chi connectivity index (χ2v) is 7.54. The molecule has 6 nitrogen and oxygen atoms in total. The van der Waals surface area contributed by atoms with Crippen LogP contribution in [0.2, 0.25) is 0 Å². The lowest BCUT2D eigenvalue weighted by atomic mass is 10.1. The highest BCUT2D eigenvalue weighted by Gasteiger charge is 2.34. The van der Waals surface area contributed by atoms with E-state index in [0.717, 1.165) is 36.0 Å². The Morgan fingerprint density at radius 2 is 1.78 bits per heavy atom. The van der Waals surface area contributed by atoms with Crippen LogP contribution in [0.1, 0.15) is 61.3 Å². The third-order valence-electron chi connectivity index (χ3n) is 4.75. The van der Waals surface area contributed by atoms with Crippen molar-refractivity contribution in [3.8, 4) is 0 Å². The van der Waals surface area contributed by atoms with Gasteiger partial charge in [-0.1, -0.05) is 12.1 Å². The average Bonchev–Trinajstić information content (AvgIpc) is 3.44. The van der Waals surface area contributed by atoms with Crippen molar-refractivity contribution in [1.82, 2.24) is 4.57 Å². The summed E-state index contributed by atoms with van der Waals surface area (Å²) in [7, 11) is 1.30. The van der Waals surface area contributed by atoms with E-state index in [1.807, 2.05) is 13.8 Å². The van der Waals surface area contributed by atoms with Crippen molar-refractivity contribution in [3.63, 3.8) is 0 Å². The molecule has 0 radical (unpaired) electrons. The normalized spacial score (nSPS) is 13.4. The zero-order chi connectivity index (χ0) is 19.7. The van der Waals surface area contributed by atoms with E-state index in [0.29, 0.717) is 22.1 Å². The van der Waals surface area contributed by atoms with E-state index in [2.05, 4.69) is 4.57 Å². The molecule has 0 aliphatic heterocycles. The zero-order valence-corrected chi connectivity index (χ0v) is 16.3. The molecule has 1 fully saturated rings. The van der Waals surface area contributed by atoms with Gasteiger partial charge in [-0.25, -0.2) is 9.59 Å². The summed E-state index contributed by atoms with van der Waals surface area (Å²) >= 11 is 1.16. The maximum atomic E-state index is 13.0. The molecule has 1 saturated carbocycles. The number of methoxy groups -OCH3 is 1. The number of hydrogen-bond donors (Lipinski definition) is 1. The number of hydrogen-bond acceptors (Lipinski definition) is 5. The highest BCUT2D eigenvalue weighted by Crippen LogP contribution is 2.40. The number of rotatable bonds is 7. The summed E-state index contributed by atoms with van der Waals surface area (Å²) in [5, 5.41) is 9.29. The summed E-state index contributed by atoms with van der Waals surface area (Å²) < 4.78 is 6.95. The first kappa shape index (κ1) is 19.2. The van der Waals surface area contributed by atoms with Crippen LogP contribution in [0.25, 0.3) is 0 Å². The first-order valence-corrected chi connectivity index (χ1v) is 9.63. The van der Waals surface area contributed by atoms with Crippen molar-refractivity contribution in [1.29, 1.82) is 0 Å². The molecular formula is C20H21NO5S. The summed E-state index contributed by atoms with van der Waals surface area (Å²) in [6.07, 6.45) is 2.07. The Morgan fingerprint density at radius 3 is 2.37 bits per heavy atom. The van der Waals surface area contributed by atoms with Gasteiger partial charge in [-0.2, -0.15) is 0 Å². The molecule has 3 rings (SSSR count). The maximum Gasteiger partial charge on any atom is 0.340 e. The summed E-state index contributed by atoms with van der Waals surface area (Å²) in [5.74, 6) is -1.72.